The maximum absolute atomic E-state index is 5.53. The molecule has 1 unspecified atom stereocenters. The summed E-state index contributed by atoms with van der Waals surface area (Å²) in [6.07, 6.45) is 4.03. The molecule has 0 aromatic heterocycles. The lowest BCUT2D eigenvalue weighted by Gasteiger charge is -2.24. The predicted molar refractivity (Wildman–Crippen MR) is 42.9 cm³/mol. The third-order valence-electron chi connectivity index (χ3n) is 2.10. The molecule has 56 valence electrons. The van der Waals surface area contributed by atoms with E-state index in [1.54, 1.807) is 0 Å². The van der Waals surface area contributed by atoms with Gasteiger partial charge in [0.05, 0.1) is 0 Å². The van der Waals surface area contributed by atoms with Crippen molar-refractivity contribution in [3.8, 4) is 0 Å². The van der Waals surface area contributed by atoms with Gasteiger partial charge >= 0.3 is 0 Å². The highest BCUT2D eigenvalue weighted by Crippen LogP contribution is 2.32. The van der Waals surface area contributed by atoms with Crippen molar-refractivity contribution in [3.05, 3.63) is 24.8 Å². The first-order valence-electron chi connectivity index (χ1n) is 3.65. The number of hydrogen-bond acceptors (Lipinski definition) is 1. The molecule has 1 aliphatic rings. The van der Waals surface area contributed by atoms with Crippen LogP contribution in [0.1, 0.15) is 19.8 Å². The monoisotopic (exact) mass is 138 g/mol. The SMILES string of the molecule is C=CC1(C(=C)C)CCCO1. The Morgan fingerprint density at radius 2 is 2.40 bits per heavy atom. The molecular formula is C9H14O. The molecule has 10 heavy (non-hydrogen) atoms. The highest BCUT2D eigenvalue weighted by atomic mass is 16.5. The second-order valence-corrected chi connectivity index (χ2v) is 2.83. The maximum Gasteiger partial charge on any atom is 0.106 e. The molecule has 1 heterocycles. The van der Waals surface area contributed by atoms with E-state index >= 15 is 0 Å². The molecule has 0 aromatic carbocycles. The molecule has 0 N–H and O–H groups in total. The lowest BCUT2D eigenvalue weighted by molar-refractivity contribution is 0.0761. The molecule has 0 aliphatic carbocycles. The third-order valence-corrected chi connectivity index (χ3v) is 2.10. The van der Waals surface area contributed by atoms with E-state index in [-0.39, 0.29) is 5.60 Å². The van der Waals surface area contributed by atoms with Crippen LogP contribution in [0.3, 0.4) is 0 Å². The summed E-state index contributed by atoms with van der Waals surface area (Å²) in [5.41, 5.74) is 0.875. The Kier molecular flexibility index (Phi) is 1.95. The summed E-state index contributed by atoms with van der Waals surface area (Å²) < 4.78 is 5.53. The quantitative estimate of drug-likeness (QED) is 0.532. The maximum atomic E-state index is 5.53. The van der Waals surface area contributed by atoms with Crippen molar-refractivity contribution < 1.29 is 4.74 Å². The van der Waals surface area contributed by atoms with Crippen molar-refractivity contribution in [1.82, 2.24) is 0 Å². The zero-order valence-electron chi connectivity index (χ0n) is 6.52. The second-order valence-electron chi connectivity index (χ2n) is 2.83. The van der Waals surface area contributed by atoms with Crippen LogP contribution >= 0.6 is 0 Å². The van der Waals surface area contributed by atoms with Gasteiger partial charge in [-0.05, 0) is 25.3 Å². The Balaban J connectivity index is 2.76. The van der Waals surface area contributed by atoms with Gasteiger partial charge in [0.1, 0.15) is 5.60 Å². The molecule has 0 bridgehead atoms. The Bertz CT molecular complexity index is 152. The Morgan fingerprint density at radius 1 is 1.70 bits per heavy atom. The lowest BCUT2D eigenvalue weighted by Crippen LogP contribution is -2.25. The fourth-order valence-electron chi connectivity index (χ4n) is 1.33. The van der Waals surface area contributed by atoms with Gasteiger partial charge in [0.25, 0.3) is 0 Å². The first-order valence-corrected chi connectivity index (χ1v) is 3.65. The molecule has 1 nitrogen and oxygen atoms in total. The van der Waals surface area contributed by atoms with Crippen LogP contribution in [0.15, 0.2) is 24.8 Å². The molecule has 0 amide bonds. The van der Waals surface area contributed by atoms with Crippen molar-refractivity contribution in [2.75, 3.05) is 6.61 Å². The van der Waals surface area contributed by atoms with E-state index in [4.69, 9.17) is 4.74 Å². The van der Waals surface area contributed by atoms with Crippen LogP contribution in [0.25, 0.3) is 0 Å². The van der Waals surface area contributed by atoms with E-state index in [2.05, 4.69) is 13.2 Å². The van der Waals surface area contributed by atoms with Crippen molar-refractivity contribution in [2.24, 2.45) is 0 Å². The summed E-state index contributed by atoms with van der Waals surface area (Å²) in [5, 5.41) is 0. The highest BCUT2D eigenvalue weighted by Gasteiger charge is 2.32. The van der Waals surface area contributed by atoms with Crippen LogP contribution in [0.4, 0.5) is 0 Å². The highest BCUT2D eigenvalue weighted by molar-refractivity contribution is 5.20. The van der Waals surface area contributed by atoms with Crippen molar-refractivity contribution in [2.45, 2.75) is 25.4 Å². The van der Waals surface area contributed by atoms with Crippen molar-refractivity contribution in [3.63, 3.8) is 0 Å². The van der Waals surface area contributed by atoms with Crippen LogP contribution in [-0.2, 0) is 4.74 Å². The minimum Gasteiger partial charge on any atom is -0.367 e. The van der Waals surface area contributed by atoms with Crippen LogP contribution in [-0.4, -0.2) is 12.2 Å². The molecule has 1 saturated heterocycles. The average molecular weight is 138 g/mol. The van der Waals surface area contributed by atoms with E-state index in [9.17, 15) is 0 Å². The van der Waals surface area contributed by atoms with Crippen LogP contribution in [0, 0.1) is 0 Å². The topological polar surface area (TPSA) is 9.23 Å². The Morgan fingerprint density at radius 3 is 2.60 bits per heavy atom. The number of rotatable bonds is 2. The van der Waals surface area contributed by atoms with Crippen LogP contribution < -0.4 is 0 Å². The van der Waals surface area contributed by atoms with Gasteiger partial charge in [-0.15, -0.1) is 0 Å². The fourth-order valence-corrected chi connectivity index (χ4v) is 1.33. The smallest absolute Gasteiger partial charge is 0.106 e. The Labute approximate surface area is 62.4 Å². The minimum absolute atomic E-state index is 0.194. The van der Waals surface area contributed by atoms with Crippen molar-refractivity contribution >= 4 is 0 Å². The molecule has 0 aromatic rings. The van der Waals surface area contributed by atoms with Gasteiger partial charge in [0.2, 0.25) is 0 Å². The molecule has 0 spiro atoms. The summed E-state index contributed by atoms with van der Waals surface area (Å²) in [4.78, 5) is 0. The summed E-state index contributed by atoms with van der Waals surface area (Å²) in [6, 6.07) is 0. The van der Waals surface area contributed by atoms with Crippen LogP contribution in [0.2, 0.25) is 0 Å². The standard InChI is InChI=1S/C9H14O/c1-4-9(8(2)3)6-5-7-10-9/h4H,1-2,5-7H2,3H3. The first kappa shape index (κ1) is 7.55. The van der Waals surface area contributed by atoms with Gasteiger partial charge in [0, 0.05) is 6.61 Å². The first-order chi connectivity index (χ1) is 4.71. The summed E-state index contributed by atoms with van der Waals surface area (Å²) in [7, 11) is 0. The molecular weight excluding hydrogens is 124 g/mol. The van der Waals surface area contributed by atoms with E-state index < -0.39 is 0 Å². The number of hydrogen-bond donors (Lipinski definition) is 0. The molecule has 1 fully saturated rings. The van der Waals surface area contributed by atoms with Crippen LogP contribution in [0.5, 0.6) is 0 Å². The molecule has 1 atom stereocenters. The van der Waals surface area contributed by atoms with E-state index in [0.29, 0.717) is 0 Å². The van der Waals surface area contributed by atoms with Gasteiger partial charge in [-0.1, -0.05) is 19.2 Å². The zero-order chi connectivity index (χ0) is 7.61. The second kappa shape index (κ2) is 2.59. The van der Waals surface area contributed by atoms with Gasteiger partial charge in [-0.3, -0.25) is 0 Å². The average Bonchev–Trinajstić information content (AvgIpc) is 2.35. The van der Waals surface area contributed by atoms with E-state index in [1.807, 2.05) is 13.0 Å². The minimum atomic E-state index is -0.194. The van der Waals surface area contributed by atoms with Gasteiger partial charge in [0.15, 0.2) is 0 Å². The largest absolute Gasteiger partial charge is 0.367 e. The predicted octanol–water partition coefficient (Wildman–Crippen LogP) is 2.30. The normalized spacial score (nSPS) is 32.1. The number of ether oxygens (including phenoxy) is 1. The lowest BCUT2D eigenvalue weighted by atomic mass is 9.93. The summed E-state index contributed by atoms with van der Waals surface area (Å²) >= 11 is 0. The molecule has 0 saturated carbocycles. The Hall–Kier alpha value is -0.560. The molecule has 1 aliphatic heterocycles. The fraction of sp³-hybridized carbons (Fsp3) is 0.556. The van der Waals surface area contributed by atoms with E-state index in [1.165, 1.54) is 0 Å². The van der Waals surface area contributed by atoms with E-state index in [0.717, 1.165) is 25.0 Å². The molecule has 0 radical (unpaired) electrons. The molecule has 1 rings (SSSR count). The third kappa shape index (κ3) is 1.01. The summed E-state index contributed by atoms with van der Waals surface area (Å²) in [6.45, 7) is 10.5. The van der Waals surface area contributed by atoms with Gasteiger partial charge in [-0.25, -0.2) is 0 Å². The molecule has 1 heteroatoms. The van der Waals surface area contributed by atoms with Gasteiger partial charge < -0.3 is 4.74 Å². The summed E-state index contributed by atoms with van der Waals surface area (Å²) in [5.74, 6) is 0. The van der Waals surface area contributed by atoms with Gasteiger partial charge in [-0.2, -0.15) is 0 Å². The zero-order valence-corrected chi connectivity index (χ0v) is 6.52. The van der Waals surface area contributed by atoms with Crippen molar-refractivity contribution in [1.29, 1.82) is 0 Å².